The van der Waals surface area contributed by atoms with Crippen molar-refractivity contribution < 1.29 is 0 Å². The number of rotatable bonds is 4. The molecule has 2 rings (SSSR count). The van der Waals surface area contributed by atoms with Crippen LogP contribution in [0.15, 0.2) is 30.3 Å². The van der Waals surface area contributed by atoms with Crippen molar-refractivity contribution in [2.75, 3.05) is 0 Å². The molecule has 0 aliphatic heterocycles. The van der Waals surface area contributed by atoms with Gasteiger partial charge in [-0.2, -0.15) is 5.10 Å². The molecule has 23 heavy (non-hydrogen) atoms. The van der Waals surface area contributed by atoms with Crippen LogP contribution in [0.25, 0.3) is 11.1 Å². The van der Waals surface area contributed by atoms with Crippen molar-refractivity contribution in [1.82, 2.24) is 9.78 Å². The minimum absolute atomic E-state index is 0.0246. The Balaban J connectivity index is 2.83. The highest BCUT2D eigenvalue weighted by Gasteiger charge is 2.31. The smallest absolute Gasteiger partial charge is 0.0759 e. The maximum atomic E-state index is 5.08. The summed E-state index contributed by atoms with van der Waals surface area (Å²) in [7, 11) is 0. The van der Waals surface area contributed by atoms with Gasteiger partial charge < -0.3 is 0 Å². The standard InChI is InChI=1S/C21H32N2/c1-14(2)16(5)19-18(17-12-10-9-11-13-17)20(21(6,7)8)22-23(19)15(3)4/h9-16H,1-8H3. The zero-order valence-corrected chi connectivity index (χ0v) is 16.0. The van der Waals surface area contributed by atoms with Crippen molar-refractivity contribution in [3.05, 3.63) is 41.7 Å². The van der Waals surface area contributed by atoms with E-state index in [9.17, 15) is 0 Å². The van der Waals surface area contributed by atoms with Gasteiger partial charge in [0.15, 0.2) is 0 Å². The van der Waals surface area contributed by atoms with E-state index >= 15 is 0 Å². The fourth-order valence-electron chi connectivity index (χ4n) is 3.01. The van der Waals surface area contributed by atoms with E-state index in [0.29, 0.717) is 17.9 Å². The Morgan fingerprint density at radius 3 is 1.91 bits per heavy atom. The monoisotopic (exact) mass is 312 g/mol. The van der Waals surface area contributed by atoms with E-state index in [4.69, 9.17) is 5.10 Å². The molecule has 0 aliphatic rings. The highest BCUT2D eigenvalue weighted by molar-refractivity contribution is 5.70. The van der Waals surface area contributed by atoms with Crippen LogP contribution >= 0.6 is 0 Å². The summed E-state index contributed by atoms with van der Waals surface area (Å²) in [5.41, 5.74) is 5.24. The van der Waals surface area contributed by atoms with Gasteiger partial charge in [-0.25, -0.2) is 0 Å². The van der Waals surface area contributed by atoms with Crippen molar-refractivity contribution in [2.45, 2.75) is 72.8 Å². The molecule has 1 atom stereocenters. The van der Waals surface area contributed by atoms with Crippen molar-refractivity contribution >= 4 is 0 Å². The predicted octanol–water partition coefficient (Wildman–Crippen LogP) is 6.19. The molecule has 0 radical (unpaired) electrons. The number of hydrogen-bond acceptors (Lipinski definition) is 1. The van der Waals surface area contributed by atoms with Crippen LogP contribution in [0.1, 0.15) is 78.7 Å². The van der Waals surface area contributed by atoms with E-state index in [1.165, 1.54) is 22.5 Å². The zero-order chi connectivity index (χ0) is 17.4. The fourth-order valence-corrected chi connectivity index (χ4v) is 3.01. The van der Waals surface area contributed by atoms with Crippen LogP contribution in [0.2, 0.25) is 0 Å². The Morgan fingerprint density at radius 2 is 1.48 bits per heavy atom. The van der Waals surface area contributed by atoms with Crippen LogP contribution in [0.5, 0.6) is 0 Å². The second-order valence-electron chi connectivity index (χ2n) is 8.30. The van der Waals surface area contributed by atoms with Gasteiger partial charge in [0.1, 0.15) is 0 Å². The molecule has 1 aromatic heterocycles. The number of nitrogens with zero attached hydrogens (tertiary/aromatic N) is 2. The van der Waals surface area contributed by atoms with Gasteiger partial charge in [-0.05, 0) is 25.3 Å². The molecule has 0 N–H and O–H groups in total. The number of benzene rings is 1. The quantitative estimate of drug-likeness (QED) is 0.658. The summed E-state index contributed by atoms with van der Waals surface area (Å²) in [6.45, 7) is 18.2. The minimum Gasteiger partial charge on any atom is -0.266 e. The van der Waals surface area contributed by atoms with Crippen molar-refractivity contribution in [3.63, 3.8) is 0 Å². The molecule has 0 fully saturated rings. The summed E-state index contributed by atoms with van der Waals surface area (Å²) in [4.78, 5) is 0. The largest absolute Gasteiger partial charge is 0.266 e. The maximum Gasteiger partial charge on any atom is 0.0759 e. The number of hydrogen-bond donors (Lipinski definition) is 0. The molecule has 0 saturated heterocycles. The van der Waals surface area contributed by atoms with Crippen LogP contribution in [-0.2, 0) is 5.41 Å². The first-order valence-electron chi connectivity index (χ1n) is 8.82. The summed E-state index contributed by atoms with van der Waals surface area (Å²) in [5, 5.41) is 5.08. The van der Waals surface area contributed by atoms with Gasteiger partial charge in [0.25, 0.3) is 0 Å². The molecule has 0 bridgehead atoms. The molecule has 0 aliphatic carbocycles. The first-order chi connectivity index (χ1) is 10.6. The van der Waals surface area contributed by atoms with Crippen molar-refractivity contribution in [1.29, 1.82) is 0 Å². The average Bonchev–Trinajstić information content (AvgIpc) is 2.87. The van der Waals surface area contributed by atoms with E-state index in [-0.39, 0.29) is 5.41 Å². The van der Waals surface area contributed by atoms with Gasteiger partial charge >= 0.3 is 0 Å². The SMILES string of the molecule is CC(C)C(C)c1c(-c2ccccc2)c(C(C)(C)C)nn1C(C)C. The Kier molecular flexibility index (Phi) is 5.03. The highest BCUT2D eigenvalue weighted by atomic mass is 15.3. The lowest BCUT2D eigenvalue weighted by atomic mass is 9.82. The van der Waals surface area contributed by atoms with E-state index < -0.39 is 0 Å². The van der Waals surface area contributed by atoms with Crippen LogP contribution in [0.4, 0.5) is 0 Å². The van der Waals surface area contributed by atoms with Gasteiger partial charge in [0, 0.05) is 28.6 Å². The molecule has 1 aromatic carbocycles. The number of aromatic nitrogens is 2. The molecule has 0 amide bonds. The van der Waals surface area contributed by atoms with Gasteiger partial charge in [-0.3, -0.25) is 4.68 Å². The van der Waals surface area contributed by atoms with Gasteiger partial charge in [-0.15, -0.1) is 0 Å². The average molecular weight is 313 g/mol. The molecular weight excluding hydrogens is 280 g/mol. The third-order valence-corrected chi connectivity index (χ3v) is 4.64. The third-order valence-electron chi connectivity index (χ3n) is 4.64. The maximum absolute atomic E-state index is 5.08. The molecular formula is C21H32N2. The van der Waals surface area contributed by atoms with Crippen LogP contribution in [0, 0.1) is 5.92 Å². The molecule has 1 heterocycles. The van der Waals surface area contributed by atoms with Gasteiger partial charge in [0.05, 0.1) is 5.69 Å². The first kappa shape index (κ1) is 17.8. The van der Waals surface area contributed by atoms with Gasteiger partial charge in [-0.1, -0.05) is 71.9 Å². The van der Waals surface area contributed by atoms with E-state index in [1.807, 2.05) is 0 Å². The second-order valence-corrected chi connectivity index (χ2v) is 8.30. The Bertz CT molecular complexity index is 642. The van der Waals surface area contributed by atoms with Crippen molar-refractivity contribution in [2.24, 2.45) is 5.92 Å². The fraction of sp³-hybridized carbons (Fsp3) is 0.571. The first-order valence-corrected chi connectivity index (χ1v) is 8.82. The molecule has 0 saturated carbocycles. The van der Waals surface area contributed by atoms with Crippen LogP contribution in [0.3, 0.4) is 0 Å². The molecule has 126 valence electrons. The van der Waals surface area contributed by atoms with Crippen LogP contribution < -0.4 is 0 Å². The normalized spacial score (nSPS) is 13.8. The lowest BCUT2D eigenvalue weighted by Gasteiger charge is -2.22. The molecule has 0 spiro atoms. The molecule has 1 unspecified atom stereocenters. The summed E-state index contributed by atoms with van der Waals surface area (Å²) < 4.78 is 2.26. The highest BCUT2D eigenvalue weighted by Crippen LogP contribution is 2.41. The van der Waals surface area contributed by atoms with Gasteiger partial charge in [0.2, 0.25) is 0 Å². The molecule has 2 nitrogen and oxygen atoms in total. The molecule has 2 aromatic rings. The topological polar surface area (TPSA) is 17.8 Å². The third kappa shape index (κ3) is 3.52. The van der Waals surface area contributed by atoms with E-state index in [0.717, 1.165) is 0 Å². The lowest BCUT2D eigenvalue weighted by Crippen LogP contribution is -2.15. The zero-order valence-electron chi connectivity index (χ0n) is 16.0. The summed E-state index contributed by atoms with van der Waals surface area (Å²) in [6.07, 6.45) is 0. The summed E-state index contributed by atoms with van der Waals surface area (Å²) >= 11 is 0. The second kappa shape index (κ2) is 6.51. The minimum atomic E-state index is 0.0246. The lowest BCUT2D eigenvalue weighted by molar-refractivity contribution is 0.438. The Hall–Kier alpha value is -1.57. The summed E-state index contributed by atoms with van der Waals surface area (Å²) in [5.74, 6) is 1.05. The van der Waals surface area contributed by atoms with Crippen LogP contribution in [-0.4, -0.2) is 9.78 Å². The molecule has 2 heteroatoms. The predicted molar refractivity (Wildman–Crippen MR) is 100 cm³/mol. The van der Waals surface area contributed by atoms with E-state index in [2.05, 4.69) is 90.4 Å². The van der Waals surface area contributed by atoms with Crippen molar-refractivity contribution in [3.8, 4) is 11.1 Å². The summed E-state index contributed by atoms with van der Waals surface area (Å²) in [6, 6.07) is 11.1. The Labute approximate surface area is 141 Å². The Morgan fingerprint density at radius 1 is 0.913 bits per heavy atom. The van der Waals surface area contributed by atoms with E-state index in [1.54, 1.807) is 0 Å².